The molecular weight excluding hydrogens is 580 g/mol. The number of hydrogen-bond acceptors (Lipinski definition) is 2. The number of anilines is 1. The van der Waals surface area contributed by atoms with Crippen molar-refractivity contribution in [2.75, 3.05) is 5.73 Å². The smallest absolute Gasteiger partial charge is 0.418 e. The van der Waals surface area contributed by atoms with Crippen LogP contribution in [0.2, 0.25) is 0 Å². The van der Waals surface area contributed by atoms with Crippen LogP contribution in [-0.4, -0.2) is 34.9 Å². The normalized spacial score (nSPS) is 11.4. The molecule has 0 aliphatic heterocycles. The Kier molecular flexibility index (Phi) is 19.5. The fraction of sp³-hybridized carbons (Fsp3) is 0.560. The molecule has 2 nitrogen and oxygen atoms in total. The van der Waals surface area contributed by atoms with Crippen LogP contribution in [0.3, 0.4) is 0 Å². The van der Waals surface area contributed by atoms with Crippen LogP contribution in [0.1, 0.15) is 66.8 Å². The van der Waals surface area contributed by atoms with E-state index in [9.17, 15) is 17.3 Å². The molecular formula is C25H44BF4N2P2Rh+3. The Labute approximate surface area is 226 Å². The van der Waals surface area contributed by atoms with Gasteiger partial charge in [-0.25, -0.2) is 0 Å². The Morgan fingerprint density at radius 3 is 1.20 bits per heavy atom. The molecule has 0 spiro atoms. The fourth-order valence-electron chi connectivity index (χ4n) is 3.75. The van der Waals surface area contributed by atoms with E-state index in [-0.39, 0.29) is 35.3 Å². The van der Waals surface area contributed by atoms with Gasteiger partial charge in [-0.1, -0.05) is 24.3 Å². The number of hydrogen-bond donors (Lipinski definition) is 1. The van der Waals surface area contributed by atoms with Crippen molar-refractivity contribution in [2.24, 2.45) is 0 Å². The van der Waals surface area contributed by atoms with Crippen molar-refractivity contribution >= 4 is 28.8 Å². The zero-order valence-electron chi connectivity index (χ0n) is 22.3. The number of nitrogens with zero attached hydrogens (tertiary/aromatic N) is 1. The molecule has 0 atom stereocenters. The summed E-state index contributed by atoms with van der Waals surface area (Å²) < 4.78 is 39.0. The van der Waals surface area contributed by atoms with Gasteiger partial charge in [-0.3, -0.25) is 4.98 Å². The third kappa shape index (κ3) is 19.2. The summed E-state index contributed by atoms with van der Waals surface area (Å²) in [5.74, 6) is 0. The second kappa shape index (κ2) is 18.6. The van der Waals surface area contributed by atoms with E-state index in [1.165, 1.54) is 23.7 Å². The van der Waals surface area contributed by atoms with Gasteiger partial charge in [0.1, 0.15) is 0 Å². The summed E-state index contributed by atoms with van der Waals surface area (Å²) in [4.78, 5) is 5.03. The maximum absolute atomic E-state index is 9.75. The quantitative estimate of drug-likeness (QED) is 0.138. The molecule has 0 aliphatic carbocycles. The van der Waals surface area contributed by atoms with E-state index in [1.54, 1.807) is 0 Å². The van der Waals surface area contributed by atoms with E-state index in [2.05, 4.69) is 73.6 Å². The first-order valence-corrected chi connectivity index (χ1v) is 15.7. The van der Waals surface area contributed by atoms with E-state index in [0.717, 1.165) is 28.3 Å². The van der Waals surface area contributed by atoms with E-state index in [0.29, 0.717) is 0 Å². The van der Waals surface area contributed by atoms with Gasteiger partial charge in [0, 0.05) is 21.5 Å². The third-order valence-corrected chi connectivity index (χ3v) is 12.9. The summed E-state index contributed by atoms with van der Waals surface area (Å²) in [5, 5.41) is 0. The number of para-hydroxylation sites is 1. The molecule has 2 aromatic rings. The first kappa shape index (κ1) is 36.6. The first-order valence-electron chi connectivity index (χ1n) is 12.0. The van der Waals surface area contributed by atoms with Gasteiger partial charge in [-0.2, -0.15) is 0 Å². The second-order valence-corrected chi connectivity index (χ2v) is 17.3. The van der Waals surface area contributed by atoms with E-state index >= 15 is 0 Å². The van der Waals surface area contributed by atoms with Crippen molar-refractivity contribution in [1.29, 1.82) is 0 Å². The molecule has 1 heterocycles. The SMILES string of the molecule is CC(C)[PH+](Cc1cccc(C[PH+](C(C)C)C(C)C)n1)C(C)C.F[B-](F)(F)F.Nc1ccccc1.[Rh+2]. The zero-order chi connectivity index (χ0) is 26.5. The van der Waals surface area contributed by atoms with E-state index in [1.807, 2.05) is 30.3 Å². The number of nitrogen functional groups attached to an aromatic ring is 1. The molecule has 201 valence electrons. The van der Waals surface area contributed by atoms with Gasteiger partial charge in [-0.15, -0.1) is 0 Å². The van der Waals surface area contributed by atoms with Crippen LogP contribution in [0.4, 0.5) is 23.0 Å². The van der Waals surface area contributed by atoms with Crippen molar-refractivity contribution in [1.82, 2.24) is 4.98 Å². The van der Waals surface area contributed by atoms with Crippen LogP contribution in [0.15, 0.2) is 48.5 Å². The molecule has 0 unspecified atom stereocenters. The van der Waals surface area contributed by atoms with Crippen LogP contribution < -0.4 is 5.73 Å². The minimum absolute atomic E-state index is 0. The topological polar surface area (TPSA) is 38.9 Å². The third-order valence-electron chi connectivity index (χ3n) is 5.40. The standard InChI is InChI=1S/C19H35NP2.C6H7N.BF4.Rh/c1-14(2)21(15(3)4)12-18-10-9-11-19(20-18)13-22(16(5)6)17(7)8;7-6-4-2-1-3-5-6;2-1(3,4)5;/h9-11,14-17H,12-13H2,1-8H3;1-5H,7H2;;/q;;-1;+2/p+2. The van der Waals surface area contributed by atoms with Crippen molar-refractivity contribution in [2.45, 2.75) is 90.3 Å². The maximum Gasteiger partial charge on any atom is 2.00 e. The Morgan fingerprint density at radius 1 is 0.657 bits per heavy atom. The van der Waals surface area contributed by atoms with Crippen molar-refractivity contribution in [3.05, 3.63) is 59.9 Å². The first-order chi connectivity index (χ1) is 15.6. The predicted molar refractivity (Wildman–Crippen MR) is 150 cm³/mol. The van der Waals surface area contributed by atoms with Crippen molar-refractivity contribution < 1.29 is 36.7 Å². The van der Waals surface area contributed by atoms with Gasteiger partial charge in [-0.05, 0) is 79.7 Å². The number of aromatic nitrogens is 1. The molecule has 0 aliphatic rings. The molecule has 35 heavy (non-hydrogen) atoms. The zero-order valence-corrected chi connectivity index (χ0v) is 25.9. The van der Waals surface area contributed by atoms with Crippen molar-refractivity contribution in [3.63, 3.8) is 0 Å². The fourth-order valence-corrected chi connectivity index (χ4v) is 9.28. The van der Waals surface area contributed by atoms with E-state index < -0.39 is 7.25 Å². The molecule has 1 radical (unpaired) electrons. The summed E-state index contributed by atoms with van der Waals surface area (Å²) >= 11 is 0. The maximum atomic E-state index is 9.75. The summed E-state index contributed by atoms with van der Waals surface area (Å²) in [6.45, 7) is 19.1. The Morgan fingerprint density at radius 2 is 0.971 bits per heavy atom. The average molecular weight is 624 g/mol. The molecule has 10 heteroatoms. The molecule has 2 rings (SSSR count). The molecule has 0 amide bonds. The molecule has 1 aromatic heterocycles. The summed E-state index contributed by atoms with van der Waals surface area (Å²) in [5.41, 5.74) is 12.1. The van der Waals surface area contributed by atoms with Crippen LogP contribution in [0.5, 0.6) is 0 Å². The van der Waals surface area contributed by atoms with Crippen LogP contribution >= 0.6 is 15.8 Å². The number of benzene rings is 1. The molecule has 0 saturated heterocycles. The number of rotatable bonds is 8. The van der Waals surface area contributed by atoms with Gasteiger partial charge < -0.3 is 23.0 Å². The minimum Gasteiger partial charge on any atom is -0.418 e. The molecule has 2 N–H and O–H groups in total. The largest absolute Gasteiger partial charge is 2.00 e. The van der Waals surface area contributed by atoms with Gasteiger partial charge in [0.15, 0.2) is 0 Å². The second-order valence-electron chi connectivity index (χ2n) is 9.65. The van der Waals surface area contributed by atoms with Crippen LogP contribution in [0.25, 0.3) is 0 Å². The number of halogens is 4. The van der Waals surface area contributed by atoms with Crippen LogP contribution in [0, 0.1) is 0 Å². The molecule has 0 fully saturated rings. The van der Waals surface area contributed by atoms with E-state index in [4.69, 9.17) is 10.7 Å². The monoisotopic (exact) mass is 624 g/mol. The van der Waals surface area contributed by atoms with Gasteiger partial charge in [0.2, 0.25) is 0 Å². The predicted octanol–water partition coefficient (Wildman–Crippen LogP) is 8.71. The van der Waals surface area contributed by atoms with Crippen LogP contribution in [-0.2, 0) is 31.8 Å². The minimum atomic E-state index is -6.00. The number of pyridine rings is 1. The van der Waals surface area contributed by atoms with Gasteiger partial charge in [0.05, 0.1) is 46.3 Å². The molecule has 1 aromatic carbocycles. The van der Waals surface area contributed by atoms with Gasteiger partial charge >= 0.3 is 26.7 Å². The van der Waals surface area contributed by atoms with Crippen molar-refractivity contribution in [3.8, 4) is 0 Å². The summed E-state index contributed by atoms with van der Waals surface area (Å²) in [7, 11) is -6.72. The Hall–Kier alpha value is -0.562. The average Bonchev–Trinajstić information content (AvgIpc) is 2.69. The number of nitrogens with two attached hydrogens (primary N) is 1. The molecule has 0 bridgehead atoms. The van der Waals surface area contributed by atoms with Gasteiger partial charge in [0.25, 0.3) is 0 Å². The molecule has 0 saturated carbocycles. The summed E-state index contributed by atoms with van der Waals surface area (Å²) in [6.07, 6.45) is 2.44. The Balaban J connectivity index is 0. The Bertz CT molecular complexity index is 735. The summed E-state index contributed by atoms with van der Waals surface area (Å²) in [6, 6.07) is 16.2.